The first-order valence-corrected chi connectivity index (χ1v) is 8.76. The monoisotopic (exact) mass is 357 g/mol. The highest BCUT2D eigenvalue weighted by atomic mass is 32.1. The van der Waals surface area contributed by atoms with E-state index < -0.39 is 0 Å². The standard InChI is InChI=1S/C16H19N7OS/c1-4-23-11(3)14(10(2)22-23)21-16(24)19-7-12-9-25-15(20-12)13-8-17-5-6-18-13/h5-6,8-9H,4,7H2,1-3H3,(H2,19,21,24). The molecule has 3 aromatic rings. The summed E-state index contributed by atoms with van der Waals surface area (Å²) < 4.78 is 1.86. The fraction of sp³-hybridized carbons (Fsp3) is 0.312. The largest absolute Gasteiger partial charge is 0.332 e. The van der Waals surface area contributed by atoms with Gasteiger partial charge in [0.2, 0.25) is 0 Å². The molecule has 9 heteroatoms. The number of aromatic nitrogens is 5. The highest BCUT2D eigenvalue weighted by molar-refractivity contribution is 7.13. The molecule has 3 heterocycles. The molecular weight excluding hydrogens is 338 g/mol. The van der Waals surface area contributed by atoms with Gasteiger partial charge >= 0.3 is 6.03 Å². The highest BCUT2D eigenvalue weighted by Crippen LogP contribution is 2.21. The van der Waals surface area contributed by atoms with E-state index in [1.807, 2.05) is 30.8 Å². The molecule has 2 N–H and O–H groups in total. The third-order valence-electron chi connectivity index (χ3n) is 3.68. The van der Waals surface area contributed by atoms with E-state index in [4.69, 9.17) is 0 Å². The van der Waals surface area contributed by atoms with Crippen LogP contribution < -0.4 is 10.6 Å². The summed E-state index contributed by atoms with van der Waals surface area (Å²) in [5.74, 6) is 0. The van der Waals surface area contributed by atoms with Gasteiger partial charge in [0.25, 0.3) is 0 Å². The van der Waals surface area contributed by atoms with Gasteiger partial charge in [-0.2, -0.15) is 5.10 Å². The minimum absolute atomic E-state index is 0.282. The van der Waals surface area contributed by atoms with Crippen molar-refractivity contribution in [3.8, 4) is 10.7 Å². The number of hydrogen-bond donors (Lipinski definition) is 2. The third-order valence-corrected chi connectivity index (χ3v) is 4.60. The molecule has 8 nitrogen and oxygen atoms in total. The molecular formula is C16H19N7OS. The summed E-state index contributed by atoms with van der Waals surface area (Å²) in [5, 5.41) is 12.7. The predicted octanol–water partition coefficient (Wildman–Crippen LogP) is 2.76. The van der Waals surface area contributed by atoms with Crippen LogP contribution in [0.2, 0.25) is 0 Å². The Morgan fingerprint density at radius 2 is 2.16 bits per heavy atom. The van der Waals surface area contributed by atoms with E-state index in [1.165, 1.54) is 11.3 Å². The van der Waals surface area contributed by atoms with Gasteiger partial charge in [-0.3, -0.25) is 14.6 Å². The number of carbonyl (C=O) groups is 1. The maximum Gasteiger partial charge on any atom is 0.319 e. The smallest absolute Gasteiger partial charge is 0.319 e. The molecule has 0 aliphatic carbocycles. The number of nitrogens with one attached hydrogen (secondary N) is 2. The molecule has 0 saturated heterocycles. The molecule has 0 spiro atoms. The Kier molecular flexibility index (Phi) is 5.03. The number of carbonyl (C=O) groups excluding carboxylic acids is 1. The van der Waals surface area contributed by atoms with E-state index in [0.717, 1.165) is 40.0 Å². The lowest BCUT2D eigenvalue weighted by atomic mass is 10.3. The van der Waals surface area contributed by atoms with E-state index >= 15 is 0 Å². The first-order valence-electron chi connectivity index (χ1n) is 7.88. The maximum atomic E-state index is 12.2. The molecule has 0 saturated carbocycles. The number of aryl methyl sites for hydroxylation is 2. The van der Waals surface area contributed by atoms with Crippen LogP contribution in [-0.2, 0) is 13.1 Å². The molecule has 2 amide bonds. The quantitative estimate of drug-likeness (QED) is 0.732. The number of amides is 2. The van der Waals surface area contributed by atoms with Crippen molar-refractivity contribution in [2.75, 3.05) is 5.32 Å². The summed E-state index contributed by atoms with van der Waals surface area (Å²) in [6.45, 7) is 6.93. The Labute approximate surface area is 149 Å². The topological polar surface area (TPSA) is 97.6 Å². The van der Waals surface area contributed by atoms with Crippen molar-refractivity contribution in [1.82, 2.24) is 30.0 Å². The van der Waals surface area contributed by atoms with E-state index in [2.05, 4.69) is 30.7 Å². The second-order valence-corrected chi connectivity index (χ2v) is 6.26. The van der Waals surface area contributed by atoms with Gasteiger partial charge in [-0.15, -0.1) is 11.3 Å². The molecule has 3 rings (SSSR count). The molecule has 0 aromatic carbocycles. The van der Waals surface area contributed by atoms with E-state index in [-0.39, 0.29) is 6.03 Å². The second-order valence-electron chi connectivity index (χ2n) is 5.40. The minimum atomic E-state index is -0.282. The maximum absolute atomic E-state index is 12.2. The Balaban J connectivity index is 1.60. The Bertz CT molecular complexity index is 872. The van der Waals surface area contributed by atoms with Crippen LogP contribution in [0.4, 0.5) is 10.5 Å². The number of anilines is 1. The number of nitrogens with zero attached hydrogens (tertiary/aromatic N) is 5. The summed E-state index contributed by atoms with van der Waals surface area (Å²) in [6, 6.07) is -0.282. The van der Waals surface area contributed by atoms with Crippen LogP contribution in [0.1, 0.15) is 24.0 Å². The van der Waals surface area contributed by atoms with Crippen LogP contribution in [0.3, 0.4) is 0 Å². The van der Waals surface area contributed by atoms with Gasteiger partial charge in [0.05, 0.1) is 35.5 Å². The van der Waals surface area contributed by atoms with Crippen LogP contribution in [0.5, 0.6) is 0 Å². The molecule has 0 atom stereocenters. The van der Waals surface area contributed by atoms with Crippen molar-refractivity contribution in [3.63, 3.8) is 0 Å². The molecule has 0 fully saturated rings. The molecule has 0 unspecified atom stereocenters. The number of rotatable bonds is 5. The number of thiazole rings is 1. The molecule has 0 aliphatic rings. The molecule has 130 valence electrons. The minimum Gasteiger partial charge on any atom is -0.332 e. The molecule has 0 aliphatic heterocycles. The van der Waals surface area contributed by atoms with Gasteiger partial charge in [0, 0.05) is 24.3 Å². The van der Waals surface area contributed by atoms with Gasteiger partial charge in [-0.25, -0.2) is 9.78 Å². The lowest BCUT2D eigenvalue weighted by Crippen LogP contribution is -2.28. The normalized spacial score (nSPS) is 10.7. The van der Waals surface area contributed by atoms with Crippen molar-refractivity contribution in [2.45, 2.75) is 33.9 Å². The molecule has 25 heavy (non-hydrogen) atoms. The van der Waals surface area contributed by atoms with Gasteiger partial charge < -0.3 is 10.6 Å². The first kappa shape index (κ1) is 17.0. The van der Waals surface area contributed by atoms with Gasteiger partial charge in [-0.1, -0.05) is 0 Å². The van der Waals surface area contributed by atoms with Crippen LogP contribution in [0.25, 0.3) is 10.7 Å². The van der Waals surface area contributed by atoms with Gasteiger partial charge in [0.1, 0.15) is 10.7 Å². The Hall–Kier alpha value is -2.81. The first-order chi connectivity index (χ1) is 12.1. The van der Waals surface area contributed by atoms with Crippen molar-refractivity contribution in [3.05, 3.63) is 41.1 Å². The van der Waals surface area contributed by atoms with Crippen LogP contribution in [0.15, 0.2) is 24.0 Å². The molecule has 0 radical (unpaired) electrons. The summed E-state index contributed by atoms with van der Waals surface area (Å²) in [7, 11) is 0. The Morgan fingerprint density at radius 1 is 1.32 bits per heavy atom. The lowest BCUT2D eigenvalue weighted by Gasteiger charge is -2.07. The zero-order chi connectivity index (χ0) is 17.8. The SMILES string of the molecule is CCn1nc(C)c(NC(=O)NCc2csc(-c3cnccn3)n2)c1C. The summed E-state index contributed by atoms with van der Waals surface area (Å²) in [4.78, 5) is 24.9. The average molecular weight is 357 g/mol. The third kappa shape index (κ3) is 3.82. The van der Waals surface area contributed by atoms with Gasteiger partial charge in [0.15, 0.2) is 0 Å². The second kappa shape index (κ2) is 7.39. The van der Waals surface area contributed by atoms with Crippen molar-refractivity contribution in [1.29, 1.82) is 0 Å². The van der Waals surface area contributed by atoms with Crippen LogP contribution in [-0.4, -0.2) is 30.8 Å². The van der Waals surface area contributed by atoms with Crippen LogP contribution in [0, 0.1) is 13.8 Å². The zero-order valence-corrected chi connectivity index (χ0v) is 15.1. The Morgan fingerprint density at radius 3 is 2.84 bits per heavy atom. The summed E-state index contributed by atoms with van der Waals surface area (Å²) >= 11 is 1.47. The van der Waals surface area contributed by atoms with E-state index in [0.29, 0.717) is 6.54 Å². The number of urea groups is 1. The van der Waals surface area contributed by atoms with E-state index in [9.17, 15) is 4.79 Å². The fourth-order valence-electron chi connectivity index (χ4n) is 2.43. The number of hydrogen-bond acceptors (Lipinski definition) is 6. The van der Waals surface area contributed by atoms with Gasteiger partial charge in [-0.05, 0) is 20.8 Å². The summed E-state index contributed by atoms with van der Waals surface area (Å²) in [6.07, 6.45) is 4.91. The zero-order valence-electron chi connectivity index (χ0n) is 14.3. The van der Waals surface area contributed by atoms with Crippen molar-refractivity contribution >= 4 is 23.1 Å². The molecule has 0 bridgehead atoms. The van der Waals surface area contributed by atoms with Crippen molar-refractivity contribution < 1.29 is 4.79 Å². The van der Waals surface area contributed by atoms with E-state index in [1.54, 1.807) is 18.6 Å². The average Bonchev–Trinajstić information content (AvgIpc) is 3.21. The highest BCUT2D eigenvalue weighted by Gasteiger charge is 2.13. The fourth-order valence-corrected chi connectivity index (χ4v) is 3.21. The lowest BCUT2D eigenvalue weighted by molar-refractivity contribution is 0.251. The molecule has 3 aromatic heterocycles. The summed E-state index contributed by atoms with van der Waals surface area (Å²) in [5.41, 5.74) is 3.99. The predicted molar refractivity (Wildman–Crippen MR) is 96.4 cm³/mol. The van der Waals surface area contributed by atoms with Crippen LogP contribution >= 0.6 is 11.3 Å². The van der Waals surface area contributed by atoms with Crippen molar-refractivity contribution in [2.24, 2.45) is 0 Å².